The molecule has 0 bridgehead atoms. The standard InChI is InChI=1S/C14H23F3N2/c1-10(2)18-9-11-3-4-13(11)19-7-5-12(6-8-19)14(15,16)17/h5,10-11,13,18H,3-4,6-9H2,1-2H3. The summed E-state index contributed by atoms with van der Waals surface area (Å²) in [5, 5.41) is 3.43. The molecule has 1 saturated carbocycles. The van der Waals surface area contributed by atoms with Crippen LogP contribution in [0, 0.1) is 5.92 Å². The zero-order valence-electron chi connectivity index (χ0n) is 11.6. The summed E-state index contributed by atoms with van der Waals surface area (Å²) >= 11 is 0. The van der Waals surface area contributed by atoms with E-state index in [1.54, 1.807) is 0 Å². The fraction of sp³-hybridized carbons (Fsp3) is 0.857. The lowest BCUT2D eigenvalue weighted by Crippen LogP contribution is -2.52. The van der Waals surface area contributed by atoms with Gasteiger partial charge in [0.05, 0.1) is 0 Å². The molecule has 1 N–H and O–H groups in total. The molecule has 2 atom stereocenters. The number of hydrogen-bond acceptors (Lipinski definition) is 2. The number of alkyl halides is 3. The van der Waals surface area contributed by atoms with Gasteiger partial charge in [-0.3, -0.25) is 4.90 Å². The average molecular weight is 276 g/mol. The molecule has 1 heterocycles. The van der Waals surface area contributed by atoms with Crippen molar-refractivity contribution in [2.75, 3.05) is 19.6 Å². The molecule has 2 nitrogen and oxygen atoms in total. The SMILES string of the molecule is CC(C)NCC1CCC1N1CC=C(C(F)(F)F)CC1. The predicted octanol–water partition coefficient (Wildman–Crippen LogP) is 2.96. The Kier molecular flexibility index (Phi) is 4.56. The Morgan fingerprint density at radius 2 is 2.11 bits per heavy atom. The van der Waals surface area contributed by atoms with Gasteiger partial charge in [0.15, 0.2) is 0 Å². The first kappa shape index (κ1) is 14.9. The van der Waals surface area contributed by atoms with E-state index >= 15 is 0 Å². The topological polar surface area (TPSA) is 15.3 Å². The molecule has 0 aromatic carbocycles. The van der Waals surface area contributed by atoms with E-state index in [1.165, 1.54) is 12.5 Å². The minimum Gasteiger partial charge on any atom is -0.314 e. The molecule has 0 aromatic rings. The molecule has 2 rings (SSSR count). The van der Waals surface area contributed by atoms with Crippen molar-refractivity contribution < 1.29 is 13.2 Å². The first-order valence-electron chi connectivity index (χ1n) is 7.11. The van der Waals surface area contributed by atoms with Crippen LogP contribution >= 0.6 is 0 Å². The van der Waals surface area contributed by atoms with Crippen LogP contribution in [0.3, 0.4) is 0 Å². The van der Waals surface area contributed by atoms with Gasteiger partial charge in [0.1, 0.15) is 0 Å². The van der Waals surface area contributed by atoms with Crippen molar-refractivity contribution in [3.63, 3.8) is 0 Å². The Balaban J connectivity index is 1.83. The van der Waals surface area contributed by atoms with Gasteiger partial charge < -0.3 is 5.32 Å². The number of hydrogen-bond donors (Lipinski definition) is 1. The smallest absolute Gasteiger partial charge is 0.314 e. The van der Waals surface area contributed by atoms with E-state index in [4.69, 9.17) is 0 Å². The van der Waals surface area contributed by atoms with Crippen molar-refractivity contribution in [3.05, 3.63) is 11.6 Å². The molecule has 0 aromatic heterocycles. The van der Waals surface area contributed by atoms with Crippen LogP contribution in [0.1, 0.15) is 33.1 Å². The van der Waals surface area contributed by atoms with Crippen LogP contribution in [0.25, 0.3) is 0 Å². The molecule has 0 amide bonds. The Hall–Kier alpha value is -0.550. The number of nitrogens with zero attached hydrogens (tertiary/aromatic N) is 1. The van der Waals surface area contributed by atoms with Crippen molar-refractivity contribution in [2.24, 2.45) is 5.92 Å². The van der Waals surface area contributed by atoms with Gasteiger partial charge in [-0.25, -0.2) is 0 Å². The van der Waals surface area contributed by atoms with Crippen LogP contribution in [0.4, 0.5) is 13.2 Å². The summed E-state index contributed by atoms with van der Waals surface area (Å²) < 4.78 is 37.7. The first-order chi connectivity index (χ1) is 8.88. The monoisotopic (exact) mass is 276 g/mol. The zero-order valence-corrected chi connectivity index (χ0v) is 11.6. The highest BCUT2D eigenvalue weighted by Gasteiger charge is 2.39. The van der Waals surface area contributed by atoms with E-state index in [-0.39, 0.29) is 12.0 Å². The third-order valence-corrected chi connectivity index (χ3v) is 4.24. The summed E-state index contributed by atoms with van der Waals surface area (Å²) in [6.45, 7) is 6.22. The summed E-state index contributed by atoms with van der Waals surface area (Å²) in [6.07, 6.45) is -0.306. The zero-order chi connectivity index (χ0) is 14.0. The summed E-state index contributed by atoms with van der Waals surface area (Å²) in [4.78, 5) is 2.21. The highest BCUT2D eigenvalue weighted by atomic mass is 19.4. The van der Waals surface area contributed by atoms with Crippen LogP contribution in [0.5, 0.6) is 0 Å². The Labute approximate surface area is 113 Å². The van der Waals surface area contributed by atoms with Crippen molar-refractivity contribution in [1.82, 2.24) is 10.2 Å². The van der Waals surface area contributed by atoms with Gasteiger partial charge in [-0.05, 0) is 31.7 Å². The molecule has 19 heavy (non-hydrogen) atoms. The fourth-order valence-corrected chi connectivity index (χ4v) is 2.90. The highest BCUT2D eigenvalue weighted by Crippen LogP contribution is 2.36. The van der Waals surface area contributed by atoms with Crippen molar-refractivity contribution in [2.45, 2.75) is 51.4 Å². The number of rotatable bonds is 4. The second-order valence-electron chi connectivity index (χ2n) is 5.94. The maximum Gasteiger partial charge on any atom is 0.412 e. The van der Waals surface area contributed by atoms with E-state index in [0.29, 0.717) is 31.1 Å². The summed E-state index contributed by atoms with van der Waals surface area (Å²) in [7, 11) is 0. The molecule has 0 radical (unpaired) electrons. The third-order valence-electron chi connectivity index (χ3n) is 4.24. The first-order valence-corrected chi connectivity index (χ1v) is 7.11. The molecule has 1 aliphatic heterocycles. The Morgan fingerprint density at radius 1 is 1.37 bits per heavy atom. The molecule has 1 fully saturated rings. The largest absolute Gasteiger partial charge is 0.412 e. The maximum absolute atomic E-state index is 12.6. The van der Waals surface area contributed by atoms with Gasteiger partial charge in [-0.15, -0.1) is 0 Å². The second-order valence-corrected chi connectivity index (χ2v) is 5.94. The lowest BCUT2D eigenvalue weighted by atomic mass is 9.77. The lowest BCUT2D eigenvalue weighted by Gasteiger charge is -2.46. The molecule has 0 spiro atoms. The minimum atomic E-state index is -4.13. The normalized spacial score (nSPS) is 29.3. The van der Waals surface area contributed by atoms with E-state index in [2.05, 4.69) is 24.1 Å². The third kappa shape index (κ3) is 3.72. The Morgan fingerprint density at radius 3 is 2.53 bits per heavy atom. The summed E-state index contributed by atoms with van der Waals surface area (Å²) in [5.41, 5.74) is -0.347. The van der Waals surface area contributed by atoms with Crippen LogP contribution in [0.2, 0.25) is 0 Å². The fourth-order valence-electron chi connectivity index (χ4n) is 2.90. The van der Waals surface area contributed by atoms with Gasteiger partial charge in [0, 0.05) is 30.7 Å². The molecular formula is C14H23F3N2. The highest BCUT2D eigenvalue weighted by molar-refractivity contribution is 5.14. The van der Waals surface area contributed by atoms with E-state index in [9.17, 15) is 13.2 Å². The van der Waals surface area contributed by atoms with E-state index < -0.39 is 6.18 Å². The van der Waals surface area contributed by atoms with Gasteiger partial charge in [0.2, 0.25) is 0 Å². The number of nitrogens with one attached hydrogen (secondary N) is 1. The van der Waals surface area contributed by atoms with Gasteiger partial charge >= 0.3 is 6.18 Å². The van der Waals surface area contributed by atoms with Gasteiger partial charge in [-0.1, -0.05) is 19.9 Å². The molecule has 110 valence electrons. The predicted molar refractivity (Wildman–Crippen MR) is 70.0 cm³/mol. The van der Waals surface area contributed by atoms with Crippen molar-refractivity contribution in [3.8, 4) is 0 Å². The summed E-state index contributed by atoms with van der Waals surface area (Å²) in [5.74, 6) is 0.600. The molecule has 2 aliphatic rings. The van der Waals surface area contributed by atoms with Crippen molar-refractivity contribution >= 4 is 0 Å². The van der Waals surface area contributed by atoms with Crippen LogP contribution in [0.15, 0.2) is 11.6 Å². The molecule has 1 aliphatic carbocycles. The van der Waals surface area contributed by atoms with Crippen LogP contribution in [-0.2, 0) is 0 Å². The second kappa shape index (κ2) is 5.83. The van der Waals surface area contributed by atoms with E-state index in [1.807, 2.05) is 0 Å². The lowest BCUT2D eigenvalue weighted by molar-refractivity contribution is -0.0972. The van der Waals surface area contributed by atoms with Crippen LogP contribution < -0.4 is 5.32 Å². The van der Waals surface area contributed by atoms with E-state index in [0.717, 1.165) is 13.0 Å². The quantitative estimate of drug-likeness (QED) is 0.794. The van der Waals surface area contributed by atoms with Gasteiger partial charge in [0.25, 0.3) is 0 Å². The average Bonchev–Trinajstić information content (AvgIpc) is 2.26. The minimum absolute atomic E-state index is 0.143. The molecule has 2 unspecified atom stereocenters. The van der Waals surface area contributed by atoms with Crippen molar-refractivity contribution in [1.29, 1.82) is 0 Å². The van der Waals surface area contributed by atoms with Crippen LogP contribution in [-0.4, -0.2) is 42.8 Å². The maximum atomic E-state index is 12.6. The molecule has 0 saturated heterocycles. The van der Waals surface area contributed by atoms with Gasteiger partial charge in [-0.2, -0.15) is 13.2 Å². The summed E-state index contributed by atoms with van der Waals surface area (Å²) in [6, 6.07) is 0.941. The molecular weight excluding hydrogens is 253 g/mol. The Bertz CT molecular complexity index is 336. The number of halogens is 3. The molecule has 5 heteroatoms.